The van der Waals surface area contributed by atoms with Crippen molar-refractivity contribution in [2.24, 2.45) is 0 Å². The zero-order valence-electron chi connectivity index (χ0n) is 8.89. The van der Waals surface area contributed by atoms with Crippen LogP contribution >= 0.6 is 0 Å². The molecular weight excluding hydrogens is 202 g/mol. The van der Waals surface area contributed by atoms with E-state index in [-0.39, 0.29) is 5.92 Å². The summed E-state index contributed by atoms with van der Waals surface area (Å²) in [6.07, 6.45) is 6.09. The molecule has 3 rings (SSSR count). The maximum Gasteiger partial charge on any atom is 0.144 e. The zero-order valence-corrected chi connectivity index (χ0v) is 8.89. The molecule has 1 aliphatic heterocycles. The molecule has 1 saturated heterocycles. The SMILES string of the molecule is O=C1CCNCC1c1ccc2cnccn12. The third-order valence-electron chi connectivity index (χ3n) is 3.13. The first-order chi connectivity index (χ1) is 7.86. The largest absolute Gasteiger partial charge is 0.317 e. The van der Waals surface area contributed by atoms with Gasteiger partial charge in [-0.15, -0.1) is 0 Å². The summed E-state index contributed by atoms with van der Waals surface area (Å²) in [7, 11) is 0. The van der Waals surface area contributed by atoms with E-state index < -0.39 is 0 Å². The number of carbonyl (C=O) groups excluding carboxylic acids is 1. The number of nitrogens with zero attached hydrogens (tertiary/aromatic N) is 2. The third kappa shape index (κ3) is 1.42. The molecule has 0 saturated carbocycles. The lowest BCUT2D eigenvalue weighted by molar-refractivity contribution is -0.121. The summed E-state index contributed by atoms with van der Waals surface area (Å²) in [4.78, 5) is 15.9. The molecule has 82 valence electrons. The van der Waals surface area contributed by atoms with Gasteiger partial charge < -0.3 is 9.72 Å². The fraction of sp³-hybridized carbons (Fsp3) is 0.333. The van der Waals surface area contributed by atoms with Gasteiger partial charge >= 0.3 is 0 Å². The molecule has 4 nitrogen and oxygen atoms in total. The van der Waals surface area contributed by atoms with E-state index in [1.807, 2.05) is 28.9 Å². The molecular formula is C12H13N3O. The highest BCUT2D eigenvalue weighted by atomic mass is 16.1. The summed E-state index contributed by atoms with van der Waals surface area (Å²) in [5.41, 5.74) is 2.10. The van der Waals surface area contributed by atoms with Crippen LogP contribution in [0.15, 0.2) is 30.7 Å². The lowest BCUT2D eigenvalue weighted by Gasteiger charge is -2.21. The summed E-state index contributed by atoms with van der Waals surface area (Å²) in [6, 6.07) is 4.02. The van der Waals surface area contributed by atoms with E-state index in [2.05, 4.69) is 10.3 Å². The van der Waals surface area contributed by atoms with E-state index in [1.165, 1.54) is 0 Å². The fourth-order valence-corrected chi connectivity index (χ4v) is 2.28. The molecule has 4 heteroatoms. The second kappa shape index (κ2) is 3.72. The summed E-state index contributed by atoms with van der Waals surface area (Å²) in [5.74, 6) is 0.314. The molecule has 16 heavy (non-hydrogen) atoms. The average molecular weight is 215 g/mol. The van der Waals surface area contributed by atoms with Gasteiger partial charge in [0, 0.05) is 37.6 Å². The maximum atomic E-state index is 11.9. The number of fused-ring (bicyclic) bond motifs is 1. The number of carbonyl (C=O) groups is 1. The number of ketones is 1. The van der Waals surface area contributed by atoms with Gasteiger partial charge in [-0.1, -0.05) is 0 Å². The van der Waals surface area contributed by atoms with E-state index >= 15 is 0 Å². The molecule has 3 heterocycles. The maximum absolute atomic E-state index is 11.9. The van der Waals surface area contributed by atoms with Crippen LogP contribution in [-0.4, -0.2) is 28.3 Å². The van der Waals surface area contributed by atoms with Crippen LogP contribution in [0.3, 0.4) is 0 Å². The van der Waals surface area contributed by atoms with Crippen molar-refractivity contribution in [1.82, 2.24) is 14.7 Å². The smallest absolute Gasteiger partial charge is 0.144 e. The minimum absolute atomic E-state index is 0.0151. The van der Waals surface area contributed by atoms with Crippen molar-refractivity contribution in [2.75, 3.05) is 13.1 Å². The first-order valence-corrected chi connectivity index (χ1v) is 5.50. The Kier molecular flexibility index (Phi) is 2.22. The molecule has 2 aromatic rings. The Morgan fingerprint density at radius 2 is 2.38 bits per heavy atom. The molecule has 0 radical (unpaired) electrons. The summed E-state index contributed by atoms with van der Waals surface area (Å²) in [6.45, 7) is 1.55. The second-order valence-corrected chi connectivity index (χ2v) is 4.10. The number of rotatable bonds is 1. The second-order valence-electron chi connectivity index (χ2n) is 4.10. The molecule has 0 bridgehead atoms. The Morgan fingerprint density at radius 3 is 3.25 bits per heavy atom. The number of Topliss-reactive ketones (excluding diaryl/α,β-unsaturated/α-hetero) is 1. The Labute approximate surface area is 93.3 Å². The number of hydrogen-bond donors (Lipinski definition) is 1. The van der Waals surface area contributed by atoms with E-state index in [9.17, 15) is 4.79 Å². The molecule has 1 unspecified atom stereocenters. The van der Waals surface area contributed by atoms with Crippen molar-refractivity contribution in [2.45, 2.75) is 12.3 Å². The van der Waals surface area contributed by atoms with Crippen LogP contribution in [0.1, 0.15) is 18.0 Å². The first kappa shape index (κ1) is 9.54. The standard InChI is InChI=1S/C12H13N3O/c16-12-3-4-13-8-10(12)11-2-1-9-7-14-5-6-15(9)11/h1-2,5-7,10,13H,3-4,8H2. The van der Waals surface area contributed by atoms with Gasteiger partial charge in [0.05, 0.1) is 17.6 Å². The van der Waals surface area contributed by atoms with Crippen LogP contribution in [0.5, 0.6) is 0 Å². The molecule has 1 fully saturated rings. The van der Waals surface area contributed by atoms with E-state index in [1.54, 1.807) is 6.20 Å². The normalized spacial score (nSPS) is 21.5. The Balaban J connectivity index is 2.08. The average Bonchev–Trinajstić information content (AvgIpc) is 2.74. The first-order valence-electron chi connectivity index (χ1n) is 5.50. The zero-order chi connectivity index (χ0) is 11.0. The van der Waals surface area contributed by atoms with E-state index in [0.29, 0.717) is 12.2 Å². The molecule has 0 spiro atoms. The van der Waals surface area contributed by atoms with Crippen LogP contribution in [0, 0.1) is 0 Å². The van der Waals surface area contributed by atoms with Gasteiger partial charge in [0.15, 0.2) is 0 Å². The molecule has 0 aromatic carbocycles. The van der Waals surface area contributed by atoms with Crippen LogP contribution < -0.4 is 5.32 Å². The number of aromatic nitrogens is 2. The fourth-order valence-electron chi connectivity index (χ4n) is 2.28. The molecule has 2 aromatic heterocycles. The van der Waals surface area contributed by atoms with E-state index in [4.69, 9.17) is 0 Å². The van der Waals surface area contributed by atoms with Gasteiger partial charge in [-0.25, -0.2) is 0 Å². The van der Waals surface area contributed by atoms with Gasteiger partial charge in [-0.3, -0.25) is 9.78 Å². The van der Waals surface area contributed by atoms with Gasteiger partial charge in [0.25, 0.3) is 0 Å². The number of piperidine rings is 1. The summed E-state index contributed by atoms with van der Waals surface area (Å²) < 4.78 is 2.04. The van der Waals surface area contributed by atoms with Crippen LogP contribution in [0.2, 0.25) is 0 Å². The molecule has 1 aliphatic rings. The predicted octanol–water partition coefficient (Wildman–Crippen LogP) is 0.980. The molecule has 0 aliphatic carbocycles. The van der Waals surface area contributed by atoms with Crippen molar-refractivity contribution >= 4 is 11.3 Å². The monoisotopic (exact) mass is 215 g/mol. The lowest BCUT2D eigenvalue weighted by Crippen LogP contribution is -2.35. The van der Waals surface area contributed by atoms with Crippen molar-refractivity contribution in [3.63, 3.8) is 0 Å². The highest BCUT2D eigenvalue weighted by Gasteiger charge is 2.25. The van der Waals surface area contributed by atoms with Crippen LogP contribution in [-0.2, 0) is 4.79 Å². The van der Waals surface area contributed by atoms with Gasteiger partial charge in [0.2, 0.25) is 0 Å². The van der Waals surface area contributed by atoms with Crippen LogP contribution in [0.25, 0.3) is 5.52 Å². The molecule has 1 N–H and O–H groups in total. The van der Waals surface area contributed by atoms with Crippen molar-refractivity contribution in [3.8, 4) is 0 Å². The van der Waals surface area contributed by atoms with Crippen molar-refractivity contribution in [1.29, 1.82) is 0 Å². The Morgan fingerprint density at radius 1 is 1.44 bits per heavy atom. The Bertz CT molecular complexity index is 532. The van der Waals surface area contributed by atoms with Gasteiger partial charge in [0.1, 0.15) is 5.78 Å². The summed E-state index contributed by atoms with van der Waals surface area (Å²) >= 11 is 0. The van der Waals surface area contributed by atoms with Gasteiger partial charge in [-0.05, 0) is 12.1 Å². The minimum atomic E-state index is -0.0151. The topological polar surface area (TPSA) is 46.4 Å². The van der Waals surface area contributed by atoms with Crippen molar-refractivity contribution < 1.29 is 4.79 Å². The van der Waals surface area contributed by atoms with E-state index in [0.717, 1.165) is 24.3 Å². The minimum Gasteiger partial charge on any atom is -0.317 e. The quantitative estimate of drug-likeness (QED) is 0.771. The highest BCUT2D eigenvalue weighted by Crippen LogP contribution is 2.22. The van der Waals surface area contributed by atoms with Crippen molar-refractivity contribution in [3.05, 3.63) is 36.4 Å². The van der Waals surface area contributed by atoms with Crippen LogP contribution in [0.4, 0.5) is 0 Å². The molecule has 0 amide bonds. The summed E-state index contributed by atoms with van der Waals surface area (Å²) in [5, 5.41) is 3.27. The number of hydrogen-bond acceptors (Lipinski definition) is 3. The van der Waals surface area contributed by atoms with Gasteiger partial charge in [-0.2, -0.15) is 0 Å². The molecule has 1 atom stereocenters. The lowest BCUT2D eigenvalue weighted by atomic mass is 9.95. The predicted molar refractivity (Wildman–Crippen MR) is 60.4 cm³/mol. The number of nitrogens with one attached hydrogen (secondary N) is 1. The third-order valence-corrected chi connectivity index (χ3v) is 3.13. The highest BCUT2D eigenvalue weighted by molar-refractivity contribution is 5.86. The Hall–Kier alpha value is -1.68.